The molecule has 1 fully saturated rings. The predicted molar refractivity (Wildman–Crippen MR) is 127 cm³/mol. The van der Waals surface area contributed by atoms with Gasteiger partial charge in [0.15, 0.2) is 0 Å². The van der Waals surface area contributed by atoms with E-state index in [1.54, 1.807) is 6.33 Å². The van der Waals surface area contributed by atoms with E-state index in [1.807, 2.05) is 0 Å². The van der Waals surface area contributed by atoms with Crippen molar-refractivity contribution in [1.29, 1.82) is 0 Å². The number of allylic oxidation sites excluding steroid dienone is 1. The van der Waals surface area contributed by atoms with Crippen LogP contribution in [-0.4, -0.2) is 76.6 Å². The number of aromatic amines is 1. The molecule has 0 saturated carbocycles. The second kappa shape index (κ2) is 7.09. The van der Waals surface area contributed by atoms with Crippen LogP contribution in [-0.2, 0) is 5.41 Å². The van der Waals surface area contributed by atoms with Crippen molar-refractivity contribution in [3.05, 3.63) is 42.1 Å². The third-order valence-electron chi connectivity index (χ3n) is 7.09. The third-order valence-corrected chi connectivity index (χ3v) is 7.09. The normalized spacial score (nSPS) is 23.3. The first-order valence-corrected chi connectivity index (χ1v) is 11.2. The molecule has 6 rings (SSSR count). The number of hydrogen-bond donors (Lipinski definition) is 3. The predicted octanol–water partition coefficient (Wildman–Crippen LogP) is 2.71. The fourth-order valence-electron chi connectivity index (χ4n) is 4.87. The van der Waals surface area contributed by atoms with E-state index in [-0.39, 0.29) is 5.41 Å². The summed E-state index contributed by atoms with van der Waals surface area (Å²) in [6, 6.07) is 6.39. The van der Waals surface area contributed by atoms with E-state index in [0.717, 1.165) is 84.7 Å². The summed E-state index contributed by atoms with van der Waals surface area (Å²) in [6.45, 7) is 7.27. The Hall–Kier alpha value is -3.33. The molecule has 166 valence electrons. The minimum atomic E-state index is -0.208. The lowest BCUT2D eigenvalue weighted by Gasteiger charge is -2.39. The first-order chi connectivity index (χ1) is 15.5. The largest absolute Gasteiger partial charge is 0.379 e. The van der Waals surface area contributed by atoms with Crippen LogP contribution in [0.1, 0.15) is 19.0 Å². The number of nitrogens with one attached hydrogen (secondary N) is 3. The van der Waals surface area contributed by atoms with E-state index in [2.05, 4.69) is 85.7 Å². The summed E-state index contributed by atoms with van der Waals surface area (Å²) in [6.07, 6.45) is 4.80. The number of pyridine rings is 1. The van der Waals surface area contributed by atoms with Crippen LogP contribution in [0.4, 0.5) is 23.1 Å². The molecule has 0 aromatic carbocycles. The molecule has 0 aliphatic carbocycles. The second-order valence-electron chi connectivity index (χ2n) is 9.41. The SMILES string of the molecule is CN1C=C2Nc3cc(cc(N4CCN(C)CC4)n3)Nc3ncnc4[nH]c(cc34)C2(C)CC1. The summed E-state index contributed by atoms with van der Waals surface area (Å²) in [5.74, 6) is 2.63. The van der Waals surface area contributed by atoms with Gasteiger partial charge in [0.25, 0.3) is 0 Å². The Labute approximate surface area is 187 Å². The molecule has 0 amide bonds. The highest BCUT2D eigenvalue weighted by atomic mass is 15.3. The zero-order valence-corrected chi connectivity index (χ0v) is 18.8. The number of H-pyrrole nitrogens is 1. The van der Waals surface area contributed by atoms with E-state index >= 15 is 0 Å². The van der Waals surface area contributed by atoms with Crippen molar-refractivity contribution in [3.63, 3.8) is 0 Å². The summed E-state index contributed by atoms with van der Waals surface area (Å²) in [5.41, 5.74) is 3.87. The van der Waals surface area contributed by atoms with E-state index in [9.17, 15) is 0 Å². The summed E-state index contributed by atoms with van der Waals surface area (Å²) in [7, 11) is 4.29. The molecule has 3 aliphatic rings. The van der Waals surface area contributed by atoms with Gasteiger partial charge in [0.05, 0.1) is 10.8 Å². The molecule has 0 radical (unpaired) electrons. The Morgan fingerprint density at radius 2 is 1.81 bits per heavy atom. The molecule has 4 bridgehead atoms. The number of nitrogens with zero attached hydrogens (tertiary/aromatic N) is 6. The van der Waals surface area contributed by atoms with Crippen molar-refractivity contribution >= 4 is 34.2 Å². The molecule has 9 heteroatoms. The summed E-state index contributed by atoms with van der Waals surface area (Å²) < 4.78 is 0. The molecule has 3 N–H and O–H groups in total. The minimum Gasteiger partial charge on any atom is -0.379 e. The van der Waals surface area contributed by atoms with Crippen LogP contribution in [0.25, 0.3) is 11.0 Å². The smallest absolute Gasteiger partial charge is 0.143 e. The van der Waals surface area contributed by atoms with E-state index in [0.29, 0.717) is 0 Å². The van der Waals surface area contributed by atoms with Crippen molar-refractivity contribution in [3.8, 4) is 0 Å². The highest BCUT2D eigenvalue weighted by molar-refractivity contribution is 5.90. The van der Waals surface area contributed by atoms with Gasteiger partial charge in [0.1, 0.15) is 29.4 Å². The third kappa shape index (κ3) is 3.15. The standard InChI is InChI=1S/C23H29N9/c1-23-4-5-31(3)13-18(23)27-19-10-15(11-20(29-19)32-8-6-30(2)7-9-32)26-21-16-12-17(23)28-22(16)25-14-24-21/h10-14H,4-9H2,1-3H3,(H,27,29)(H2,24,25,26,28). The Balaban J connectivity index is 1.52. The van der Waals surface area contributed by atoms with Crippen molar-refractivity contribution in [2.45, 2.75) is 18.8 Å². The van der Waals surface area contributed by atoms with Crippen molar-refractivity contribution < 1.29 is 0 Å². The maximum absolute atomic E-state index is 5.02. The highest BCUT2D eigenvalue weighted by Gasteiger charge is 2.37. The summed E-state index contributed by atoms with van der Waals surface area (Å²) in [4.78, 5) is 24.6. The Kier molecular flexibility index (Phi) is 4.29. The van der Waals surface area contributed by atoms with Crippen LogP contribution in [0, 0.1) is 0 Å². The first-order valence-electron chi connectivity index (χ1n) is 11.2. The molecule has 1 atom stereocenters. The lowest BCUT2D eigenvalue weighted by Crippen LogP contribution is -2.44. The fourth-order valence-corrected chi connectivity index (χ4v) is 4.87. The van der Waals surface area contributed by atoms with Crippen LogP contribution < -0.4 is 15.5 Å². The first kappa shape index (κ1) is 19.4. The number of rotatable bonds is 1. The number of anilines is 4. The number of piperazine rings is 1. The van der Waals surface area contributed by atoms with Crippen LogP contribution in [0.5, 0.6) is 0 Å². The van der Waals surface area contributed by atoms with Gasteiger partial charge in [0.2, 0.25) is 0 Å². The average Bonchev–Trinajstić information content (AvgIpc) is 3.22. The minimum absolute atomic E-state index is 0.208. The van der Waals surface area contributed by atoms with Gasteiger partial charge < -0.3 is 30.3 Å². The summed E-state index contributed by atoms with van der Waals surface area (Å²) >= 11 is 0. The average molecular weight is 432 g/mol. The molecule has 1 unspecified atom stereocenters. The number of fused-ring (bicyclic) bond motifs is 5. The fraction of sp³-hybridized carbons (Fsp3) is 0.435. The van der Waals surface area contributed by atoms with Gasteiger partial charge in [-0.15, -0.1) is 0 Å². The monoisotopic (exact) mass is 431 g/mol. The van der Waals surface area contributed by atoms with Crippen LogP contribution in [0.3, 0.4) is 0 Å². The quantitative estimate of drug-likeness (QED) is 0.542. The molecule has 3 aromatic heterocycles. The van der Waals surface area contributed by atoms with Gasteiger partial charge in [-0.1, -0.05) is 0 Å². The Bertz CT molecular complexity index is 1210. The molecule has 3 aliphatic heterocycles. The zero-order chi connectivity index (χ0) is 21.9. The van der Waals surface area contributed by atoms with Gasteiger partial charge in [0, 0.05) is 75.2 Å². The Morgan fingerprint density at radius 3 is 2.66 bits per heavy atom. The molecule has 32 heavy (non-hydrogen) atoms. The number of hydrogen-bond acceptors (Lipinski definition) is 8. The maximum Gasteiger partial charge on any atom is 0.143 e. The van der Waals surface area contributed by atoms with Crippen LogP contribution in [0.2, 0.25) is 0 Å². The van der Waals surface area contributed by atoms with E-state index in [4.69, 9.17) is 4.98 Å². The van der Waals surface area contributed by atoms with E-state index in [1.165, 1.54) is 0 Å². The summed E-state index contributed by atoms with van der Waals surface area (Å²) in [5, 5.41) is 8.22. The molecule has 3 aromatic rings. The number of aromatic nitrogens is 4. The van der Waals surface area contributed by atoms with Crippen molar-refractivity contribution in [2.24, 2.45) is 0 Å². The van der Waals surface area contributed by atoms with E-state index < -0.39 is 0 Å². The Morgan fingerprint density at radius 1 is 0.969 bits per heavy atom. The highest BCUT2D eigenvalue weighted by Crippen LogP contribution is 2.41. The van der Waals surface area contributed by atoms with Gasteiger partial charge in [-0.25, -0.2) is 15.0 Å². The molecule has 9 nitrogen and oxygen atoms in total. The maximum atomic E-state index is 5.02. The molecule has 0 spiro atoms. The van der Waals surface area contributed by atoms with Gasteiger partial charge in [-0.3, -0.25) is 0 Å². The lowest BCUT2D eigenvalue weighted by atomic mass is 9.78. The van der Waals surface area contributed by atoms with Crippen LogP contribution >= 0.6 is 0 Å². The van der Waals surface area contributed by atoms with Crippen molar-refractivity contribution in [1.82, 2.24) is 29.7 Å². The van der Waals surface area contributed by atoms with Gasteiger partial charge >= 0.3 is 0 Å². The van der Waals surface area contributed by atoms with Crippen LogP contribution in [0.15, 0.2) is 36.4 Å². The zero-order valence-electron chi connectivity index (χ0n) is 18.8. The number of likely N-dealkylation sites (N-methyl/N-ethyl adjacent to an activating group) is 1. The molecule has 6 heterocycles. The molecular weight excluding hydrogens is 402 g/mol. The van der Waals surface area contributed by atoms with Crippen molar-refractivity contribution in [2.75, 3.05) is 62.4 Å². The van der Waals surface area contributed by atoms with Gasteiger partial charge in [-0.05, 0) is 26.5 Å². The van der Waals surface area contributed by atoms with Gasteiger partial charge in [-0.2, -0.15) is 0 Å². The molecule has 1 saturated heterocycles. The lowest BCUT2D eigenvalue weighted by molar-refractivity contribution is 0.312. The second-order valence-corrected chi connectivity index (χ2v) is 9.41. The molecular formula is C23H29N9. The topological polar surface area (TPSA) is 88.2 Å².